The lowest BCUT2D eigenvalue weighted by molar-refractivity contribution is 0.282. The van der Waals surface area contributed by atoms with Crippen LogP contribution in [0.15, 0.2) is 54.6 Å². The summed E-state index contributed by atoms with van der Waals surface area (Å²) in [5, 5.41) is 14.1. The van der Waals surface area contributed by atoms with Gasteiger partial charge in [0.2, 0.25) is 0 Å². The van der Waals surface area contributed by atoms with Crippen LogP contribution in [0.3, 0.4) is 0 Å². The van der Waals surface area contributed by atoms with Gasteiger partial charge in [0.25, 0.3) is 0 Å². The molecular formula is C15H12O. The van der Waals surface area contributed by atoms with Crippen LogP contribution in [0.2, 0.25) is 0 Å². The first kappa shape index (κ1) is 9.37. The maximum atomic E-state index is 9.17. The lowest BCUT2D eigenvalue weighted by Gasteiger charge is -2.05. The molecule has 0 radical (unpaired) electrons. The van der Waals surface area contributed by atoms with Gasteiger partial charge < -0.3 is 5.11 Å². The quantitative estimate of drug-likeness (QED) is 0.607. The molecule has 0 atom stereocenters. The van der Waals surface area contributed by atoms with Gasteiger partial charge in [0.15, 0.2) is 0 Å². The molecule has 3 rings (SSSR count). The summed E-state index contributed by atoms with van der Waals surface area (Å²) in [7, 11) is 0. The zero-order valence-corrected chi connectivity index (χ0v) is 8.85. The number of benzene rings is 3. The predicted octanol–water partition coefficient (Wildman–Crippen LogP) is 3.49. The van der Waals surface area contributed by atoms with Gasteiger partial charge in [0.05, 0.1) is 6.61 Å². The Balaban J connectivity index is 2.47. The van der Waals surface area contributed by atoms with Crippen molar-refractivity contribution in [3.8, 4) is 0 Å². The van der Waals surface area contributed by atoms with Gasteiger partial charge in [-0.3, -0.25) is 0 Å². The minimum absolute atomic E-state index is 0.0964. The van der Waals surface area contributed by atoms with E-state index in [4.69, 9.17) is 5.11 Å². The Labute approximate surface area is 94.0 Å². The van der Waals surface area contributed by atoms with Crippen LogP contribution in [0.5, 0.6) is 0 Å². The fourth-order valence-electron chi connectivity index (χ4n) is 2.15. The molecule has 0 saturated heterocycles. The Hall–Kier alpha value is -1.86. The largest absolute Gasteiger partial charge is 0.392 e. The van der Waals surface area contributed by atoms with Crippen LogP contribution in [0.4, 0.5) is 0 Å². The number of hydrogen-bond acceptors (Lipinski definition) is 1. The van der Waals surface area contributed by atoms with Crippen molar-refractivity contribution in [3.05, 3.63) is 60.2 Å². The van der Waals surface area contributed by atoms with Gasteiger partial charge in [0.1, 0.15) is 0 Å². The normalized spacial score (nSPS) is 11.1. The average molecular weight is 208 g/mol. The SMILES string of the molecule is OCc1ccc2ccc3ccccc3c2c1. The van der Waals surface area contributed by atoms with E-state index in [2.05, 4.69) is 36.4 Å². The van der Waals surface area contributed by atoms with Crippen molar-refractivity contribution in [3.63, 3.8) is 0 Å². The van der Waals surface area contributed by atoms with E-state index in [-0.39, 0.29) is 6.61 Å². The molecule has 0 unspecified atom stereocenters. The highest BCUT2D eigenvalue weighted by Crippen LogP contribution is 2.26. The number of rotatable bonds is 1. The van der Waals surface area contributed by atoms with Crippen molar-refractivity contribution in [2.75, 3.05) is 0 Å². The molecule has 1 N–H and O–H groups in total. The van der Waals surface area contributed by atoms with E-state index in [1.54, 1.807) is 0 Å². The molecular weight excluding hydrogens is 196 g/mol. The molecule has 0 heterocycles. The molecule has 0 bridgehead atoms. The summed E-state index contributed by atoms with van der Waals surface area (Å²) in [5.41, 5.74) is 0.962. The fourth-order valence-corrected chi connectivity index (χ4v) is 2.15. The second-order valence-electron chi connectivity index (χ2n) is 4.00. The first-order valence-electron chi connectivity index (χ1n) is 5.40. The van der Waals surface area contributed by atoms with Gasteiger partial charge in [-0.15, -0.1) is 0 Å². The molecule has 0 aliphatic rings. The zero-order chi connectivity index (χ0) is 11.0. The van der Waals surface area contributed by atoms with E-state index in [1.165, 1.54) is 21.5 Å². The molecule has 0 aliphatic carbocycles. The lowest BCUT2D eigenvalue weighted by Crippen LogP contribution is -1.83. The van der Waals surface area contributed by atoms with Crippen LogP contribution in [0.25, 0.3) is 21.5 Å². The third-order valence-electron chi connectivity index (χ3n) is 2.99. The number of hydrogen-bond donors (Lipinski definition) is 1. The Morgan fingerprint density at radius 2 is 1.44 bits per heavy atom. The highest BCUT2D eigenvalue weighted by molar-refractivity contribution is 6.07. The molecule has 16 heavy (non-hydrogen) atoms. The third-order valence-corrected chi connectivity index (χ3v) is 2.99. The Morgan fingerprint density at radius 3 is 2.25 bits per heavy atom. The van der Waals surface area contributed by atoms with Crippen molar-refractivity contribution in [2.45, 2.75) is 6.61 Å². The molecule has 0 aromatic heterocycles. The fraction of sp³-hybridized carbons (Fsp3) is 0.0667. The maximum absolute atomic E-state index is 9.17. The number of aliphatic hydroxyl groups is 1. The first-order chi connectivity index (χ1) is 7.88. The summed E-state index contributed by atoms with van der Waals surface area (Å²) in [6.07, 6.45) is 0. The Morgan fingerprint density at radius 1 is 0.750 bits per heavy atom. The minimum atomic E-state index is 0.0964. The summed E-state index contributed by atoms with van der Waals surface area (Å²) >= 11 is 0. The molecule has 3 aromatic rings. The standard InChI is InChI=1S/C15H12O/c16-10-11-5-6-13-8-7-12-3-1-2-4-14(12)15(13)9-11/h1-9,16H,10H2. The lowest BCUT2D eigenvalue weighted by atomic mass is 10.0. The van der Waals surface area contributed by atoms with Gasteiger partial charge in [-0.05, 0) is 33.2 Å². The molecule has 0 spiro atoms. The van der Waals surface area contributed by atoms with Crippen LogP contribution < -0.4 is 0 Å². The molecule has 3 aromatic carbocycles. The van der Waals surface area contributed by atoms with Crippen LogP contribution >= 0.6 is 0 Å². The van der Waals surface area contributed by atoms with Crippen LogP contribution in [-0.4, -0.2) is 5.11 Å². The number of aliphatic hydroxyl groups excluding tert-OH is 1. The van der Waals surface area contributed by atoms with Gasteiger partial charge in [-0.2, -0.15) is 0 Å². The van der Waals surface area contributed by atoms with Crippen molar-refractivity contribution in [1.29, 1.82) is 0 Å². The molecule has 1 nitrogen and oxygen atoms in total. The monoisotopic (exact) mass is 208 g/mol. The third kappa shape index (κ3) is 1.37. The van der Waals surface area contributed by atoms with E-state index >= 15 is 0 Å². The Kier molecular flexibility index (Phi) is 2.12. The second-order valence-corrected chi connectivity index (χ2v) is 4.00. The maximum Gasteiger partial charge on any atom is 0.0682 e. The number of fused-ring (bicyclic) bond motifs is 3. The highest BCUT2D eigenvalue weighted by Gasteiger charge is 2.00. The smallest absolute Gasteiger partial charge is 0.0682 e. The van der Waals surface area contributed by atoms with Gasteiger partial charge >= 0.3 is 0 Å². The Bertz CT molecular complexity index is 656. The summed E-state index contributed by atoms with van der Waals surface area (Å²) in [6, 6.07) is 18.7. The average Bonchev–Trinajstić information content (AvgIpc) is 2.38. The molecule has 1 heteroatoms. The zero-order valence-electron chi connectivity index (χ0n) is 8.85. The van der Waals surface area contributed by atoms with Crippen LogP contribution in [-0.2, 0) is 6.61 Å². The highest BCUT2D eigenvalue weighted by atomic mass is 16.3. The molecule has 78 valence electrons. The minimum Gasteiger partial charge on any atom is -0.392 e. The molecule has 0 saturated carbocycles. The topological polar surface area (TPSA) is 20.2 Å². The second kappa shape index (κ2) is 3.62. The van der Waals surface area contributed by atoms with E-state index < -0.39 is 0 Å². The van der Waals surface area contributed by atoms with Crippen molar-refractivity contribution in [2.24, 2.45) is 0 Å². The van der Waals surface area contributed by atoms with E-state index in [0.717, 1.165) is 5.56 Å². The van der Waals surface area contributed by atoms with Gasteiger partial charge in [-0.1, -0.05) is 48.5 Å². The van der Waals surface area contributed by atoms with Gasteiger partial charge in [-0.25, -0.2) is 0 Å². The van der Waals surface area contributed by atoms with Gasteiger partial charge in [0, 0.05) is 0 Å². The first-order valence-corrected chi connectivity index (χ1v) is 5.40. The van der Waals surface area contributed by atoms with Crippen molar-refractivity contribution in [1.82, 2.24) is 0 Å². The summed E-state index contributed by atoms with van der Waals surface area (Å²) in [5.74, 6) is 0. The summed E-state index contributed by atoms with van der Waals surface area (Å²) in [6.45, 7) is 0.0964. The van der Waals surface area contributed by atoms with Crippen molar-refractivity contribution >= 4 is 21.5 Å². The van der Waals surface area contributed by atoms with Crippen LogP contribution in [0.1, 0.15) is 5.56 Å². The summed E-state index contributed by atoms with van der Waals surface area (Å²) in [4.78, 5) is 0. The van der Waals surface area contributed by atoms with E-state index in [9.17, 15) is 0 Å². The van der Waals surface area contributed by atoms with E-state index in [1.807, 2.05) is 18.2 Å². The summed E-state index contributed by atoms with van der Waals surface area (Å²) < 4.78 is 0. The molecule has 0 aliphatic heterocycles. The molecule has 0 amide bonds. The predicted molar refractivity (Wildman–Crippen MR) is 67.4 cm³/mol. The van der Waals surface area contributed by atoms with E-state index in [0.29, 0.717) is 0 Å². The van der Waals surface area contributed by atoms with Crippen molar-refractivity contribution < 1.29 is 5.11 Å². The molecule has 0 fully saturated rings. The van der Waals surface area contributed by atoms with Crippen LogP contribution in [0, 0.1) is 0 Å².